The number of nitrogens with zero attached hydrogens (tertiary/aromatic N) is 1. The molecule has 0 spiro atoms. The highest BCUT2D eigenvalue weighted by Crippen LogP contribution is 2.30. The predicted molar refractivity (Wildman–Crippen MR) is 67.9 cm³/mol. The first-order valence-corrected chi connectivity index (χ1v) is 7.84. The Balaban J connectivity index is 2.52. The first-order valence-electron chi connectivity index (χ1n) is 6.40. The standard InChI is InChI=1S/C11H24N2O3S/c1-3-8-13(9-4-2)17(15,16)12-10-11(14)6-5-7-11/h12,14H,3-10H2,1-2H3. The van der Waals surface area contributed by atoms with Crippen molar-refractivity contribution in [1.82, 2.24) is 9.03 Å². The van der Waals surface area contributed by atoms with Crippen molar-refractivity contribution < 1.29 is 13.5 Å². The minimum Gasteiger partial charge on any atom is -0.389 e. The van der Waals surface area contributed by atoms with Gasteiger partial charge in [-0.3, -0.25) is 0 Å². The Morgan fingerprint density at radius 1 is 1.24 bits per heavy atom. The van der Waals surface area contributed by atoms with Crippen molar-refractivity contribution in [2.45, 2.75) is 51.6 Å². The van der Waals surface area contributed by atoms with Gasteiger partial charge in [0, 0.05) is 19.6 Å². The minimum absolute atomic E-state index is 0.138. The van der Waals surface area contributed by atoms with Crippen molar-refractivity contribution in [2.24, 2.45) is 0 Å². The van der Waals surface area contributed by atoms with Crippen LogP contribution >= 0.6 is 0 Å². The van der Waals surface area contributed by atoms with Gasteiger partial charge in [0.25, 0.3) is 10.2 Å². The van der Waals surface area contributed by atoms with Crippen LogP contribution in [0, 0.1) is 0 Å². The van der Waals surface area contributed by atoms with Gasteiger partial charge in [0.1, 0.15) is 0 Å². The molecule has 1 aliphatic carbocycles. The molecule has 102 valence electrons. The van der Waals surface area contributed by atoms with Gasteiger partial charge in [-0.15, -0.1) is 0 Å². The van der Waals surface area contributed by atoms with Crippen molar-refractivity contribution in [3.8, 4) is 0 Å². The van der Waals surface area contributed by atoms with Crippen LogP contribution in [0.1, 0.15) is 46.0 Å². The highest BCUT2D eigenvalue weighted by atomic mass is 32.2. The van der Waals surface area contributed by atoms with E-state index in [2.05, 4.69) is 4.72 Å². The van der Waals surface area contributed by atoms with Crippen LogP contribution in [0.15, 0.2) is 0 Å². The normalized spacial score (nSPS) is 19.3. The Morgan fingerprint density at radius 3 is 2.12 bits per heavy atom. The van der Waals surface area contributed by atoms with Gasteiger partial charge in [-0.2, -0.15) is 17.4 Å². The Bertz CT molecular complexity index is 320. The molecule has 0 unspecified atom stereocenters. The Hall–Kier alpha value is -0.170. The van der Waals surface area contributed by atoms with E-state index in [1.54, 1.807) is 0 Å². The van der Waals surface area contributed by atoms with E-state index in [1.807, 2.05) is 13.8 Å². The van der Waals surface area contributed by atoms with Crippen LogP contribution in [0.25, 0.3) is 0 Å². The van der Waals surface area contributed by atoms with Gasteiger partial charge >= 0.3 is 0 Å². The van der Waals surface area contributed by atoms with Gasteiger partial charge in [-0.1, -0.05) is 13.8 Å². The van der Waals surface area contributed by atoms with Crippen molar-refractivity contribution in [3.63, 3.8) is 0 Å². The molecule has 0 aromatic rings. The van der Waals surface area contributed by atoms with Crippen LogP contribution < -0.4 is 4.72 Å². The largest absolute Gasteiger partial charge is 0.389 e. The zero-order valence-corrected chi connectivity index (χ0v) is 11.6. The van der Waals surface area contributed by atoms with E-state index >= 15 is 0 Å². The third-order valence-corrected chi connectivity index (χ3v) is 4.71. The molecule has 1 fully saturated rings. The summed E-state index contributed by atoms with van der Waals surface area (Å²) in [7, 11) is -3.43. The van der Waals surface area contributed by atoms with E-state index in [-0.39, 0.29) is 6.54 Å². The van der Waals surface area contributed by atoms with Gasteiger partial charge in [-0.25, -0.2) is 0 Å². The zero-order valence-electron chi connectivity index (χ0n) is 10.8. The second-order valence-electron chi connectivity index (χ2n) is 4.80. The molecule has 0 aromatic heterocycles. The summed E-state index contributed by atoms with van der Waals surface area (Å²) in [4.78, 5) is 0. The van der Waals surface area contributed by atoms with Gasteiger partial charge in [-0.05, 0) is 32.1 Å². The molecule has 0 saturated heterocycles. The summed E-state index contributed by atoms with van der Waals surface area (Å²) < 4.78 is 28.0. The van der Waals surface area contributed by atoms with E-state index in [1.165, 1.54) is 4.31 Å². The first kappa shape index (κ1) is 14.9. The minimum atomic E-state index is -3.43. The van der Waals surface area contributed by atoms with E-state index in [0.29, 0.717) is 25.9 Å². The van der Waals surface area contributed by atoms with Crippen LogP contribution in [-0.4, -0.2) is 43.1 Å². The maximum Gasteiger partial charge on any atom is 0.279 e. The van der Waals surface area contributed by atoms with Crippen LogP contribution in [0.3, 0.4) is 0 Å². The topological polar surface area (TPSA) is 69.6 Å². The second kappa shape index (κ2) is 6.13. The molecule has 0 bridgehead atoms. The van der Waals surface area contributed by atoms with Crippen molar-refractivity contribution >= 4 is 10.2 Å². The molecule has 1 rings (SSSR count). The lowest BCUT2D eigenvalue weighted by molar-refractivity contribution is -0.0273. The summed E-state index contributed by atoms with van der Waals surface area (Å²) in [6.45, 7) is 5.11. The predicted octanol–water partition coefficient (Wildman–Crippen LogP) is 0.858. The number of aliphatic hydroxyl groups is 1. The number of nitrogens with one attached hydrogen (secondary N) is 1. The van der Waals surface area contributed by atoms with Gasteiger partial charge in [0.2, 0.25) is 0 Å². The van der Waals surface area contributed by atoms with Crippen molar-refractivity contribution in [1.29, 1.82) is 0 Å². The summed E-state index contributed by atoms with van der Waals surface area (Å²) in [6, 6.07) is 0. The molecule has 5 nitrogen and oxygen atoms in total. The quantitative estimate of drug-likeness (QED) is 0.683. The molecule has 0 amide bonds. The molecule has 6 heteroatoms. The fourth-order valence-electron chi connectivity index (χ4n) is 1.93. The average molecular weight is 264 g/mol. The van der Waals surface area contributed by atoms with E-state index in [0.717, 1.165) is 19.3 Å². The smallest absolute Gasteiger partial charge is 0.279 e. The summed E-state index contributed by atoms with van der Waals surface area (Å²) in [6.07, 6.45) is 3.95. The third-order valence-electron chi connectivity index (χ3n) is 3.15. The maximum atomic E-state index is 12.0. The molecular formula is C11H24N2O3S. The molecule has 17 heavy (non-hydrogen) atoms. The molecule has 0 radical (unpaired) electrons. The van der Waals surface area contributed by atoms with Gasteiger partial charge in [0.05, 0.1) is 5.60 Å². The van der Waals surface area contributed by atoms with E-state index in [9.17, 15) is 13.5 Å². The maximum absolute atomic E-state index is 12.0. The lowest BCUT2D eigenvalue weighted by Crippen LogP contribution is -2.51. The molecule has 0 aliphatic heterocycles. The lowest BCUT2D eigenvalue weighted by Gasteiger charge is -2.37. The fourth-order valence-corrected chi connectivity index (χ4v) is 3.41. The number of rotatable bonds is 8. The van der Waals surface area contributed by atoms with Crippen LogP contribution in [0.5, 0.6) is 0 Å². The molecule has 0 aromatic carbocycles. The summed E-state index contributed by atoms with van der Waals surface area (Å²) >= 11 is 0. The Labute approximate surface area is 104 Å². The zero-order chi connectivity index (χ0) is 12.9. The molecule has 1 saturated carbocycles. The van der Waals surface area contributed by atoms with Crippen molar-refractivity contribution in [3.05, 3.63) is 0 Å². The van der Waals surface area contributed by atoms with E-state index < -0.39 is 15.8 Å². The monoisotopic (exact) mass is 264 g/mol. The molecule has 0 atom stereocenters. The highest BCUT2D eigenvalue weighted by molar-refractivity contribution is 7.87. The summed E-state index contributed by atoms with van der Waals surface area (Å²) in [5.41, 5.74) is -0.808. The van der Waals surface area contributed by atoms with Crippen LogP contribution in [-0.2, 0) is 10.2 Å². The van der Waals surface area contributed by atoms with Crippen LogP contribution in [0.4, 0.5) is 0 Å². The van der Waals surface area contributed by atoms with Crippen molar-refractivity contribution in [2.75, 3.05) is 19.6 Å². The van der Waals surface area contributed by atoms with Gasteiger partial charge < -0.3 is 5.11 Å². The second-order valence-corrected chi connectivity index (χ2v) is 6.56. The molecule has 2 N–H and O–H groups in total. The average Bonchev–Trinajstić information content (AvgIpc) is 2.23. The summed E-state index contributed by atoms with van der Waals surface area (Å²) in [5, 5.41) is 9.87. The Morgan fingerprint density at radius 2 is 1.76 bits per heavy atom. The lowest BCUT2D eigenvalue weighted by atomic mass is 9.81. The van der Waals surface area contributed by atoms with Crippen LogP contribution in [0.2, 0.25) is 0 Å². The third kappa shape index (κ3) is 4.21. The molecule has 1 aliphatic rings. The molecule has 0 heterocycles. The summed E-state index contributed by atoms with van der Waals surface area (Å²) in [5.74, 6) is 0. The fraction of sp³-hybridized carbons (Fsp3) is 1.00. The molecular weight excluding hydrogens is 240 g/mol. The SMILES string of the molecule is CCCN(CCC)S(=O)(=O)NCC1(O)CCC1. The highest BCUT2D eigenvalue weighted by Gasteiger charge is 2.36. The van der Waals surface area contributed by atoms with E-state index in [4.69, 9.17) is 0 Å². The number of hydrogen-bond acceptors (Lipinski definition) is 3. The van der Waals surface area contributed by atoms with Gasteiger partial charge in [0.15, 0.2) is 0 Å². The number of hydrogen-bond donors (Lipinski definition) is 2. The first-order chi connectivity index (χ1) is 7.93. The Kier molecular flexibility index (Phi) is 5.37.